The van der Waals surface area contributed by atoms with Crippen molar-refractivity contribution in [1.82, 2.24) is 15.6 Å². The van der Waals surface area contributed by atoms with E-state index < -0.39 is 0 Å². The molecule has 0 aliphatic carbocycles. The number of thiazole rings is 1. The summed E-state index contributed by atoms with van der Waals surface area (Å²) < 4.78 is 5.63. The third-order valence-electron chi connectivity index (χ3n) is 2.99. The Morgan fingerprint density at radius 2 is 2.04 bits per heavy atom. The Kier molecular flexibility index (Phi) is 9.61. The number of hydrogen-bond donors (Lipinski definition) is 2. The lowest BCUT2D eigenvalue weighted by atomic mass is 10.3. The zero-order chi connectivity index (χ0) is 15.6. The van der Waals surface area contributed by atoms with Crippen molar-refractivity contribution < 1.29 is 4.74 Å². The first-order chi connectivity index (χ1) is 10.8. The van der Waals surface area contributed by atoms with E-state index >= 15 is 0 Å². The van der Waals surface area contributed by atoms with Crippen LogP contribution in [0.5, 0.6) is 5.75 Å². The van der Waals surface area contributed by atoms with E-state index in [1.165, 1.54) is 4.88 Å². The van der Waals surface area contributed by atoms with Gasteiger partial charge in [0.1, 0.15) is 17.4 Å². The molecule has 0 saturated heterocycles. The van der Waals surface area contributed by atoms with Crippen LogP contribution >= 0.6 is 35.3 Å². The number of halogens is 1. The molecule has 1 heterocycles. The van der Waals surface area contributed by atoms with Gasteiger partial charge in [0.2, 0.25) is 0 Å². The molecular weight excluding hydrogens is 423 g/mol. The molecule has 2 N–H and O–H groups in total. The molecule has 0 unspecified atom stereocenters. The Labute approximate surface area is 158 Å². The van der Waals surface area contributed by atoms with Crippen LogP contribution in [0.2, 0.25) is 0 Å². The van der Waals surface area contributed by atoms with Gasteiger partial charge < -0.3 is 15.4 Å². The zero-order valence-corrected chi connectivity index (χ0v) is 16.6. The molecule has 1 aromatic carbocycles. The number of guanidine groups is 1. The van der Waals surface area contributed by atoms with Crippen LogP contribution in [0.15, 0.2) is 41.5 Å². The van der Waals surface area contributed by atoms with Gasteiger partial charge in [-0.15, -0.1) is 35.3 Å². The number of ether oxygens (including phenoxy) is 1. The fraction of sp³-hybridized carbons (Fsp3) is 0.375. The van der Waals surface area contributed by atoms with Gasteiger partial charge in [0, 0.05) is 18.1 Å². The Hall–Kier alpha value is -1.35. The fourth-order valence-corrected chi connectivity index (χ4v) is 2.63. The van der Waals surface area contributed by atoms with Crippen molar-refractivity contribution in [3.63, 3.8) is 0 Å². The molecule has 0 aliphatic heterocycles. The number of benzene rings is 1. The van der Waals surface area contributed by atoms with Crippen LogP contribution in [0.3, 0.4) is 0 Å². The summed E-state index contributed by atoms with van der Waals surface area (Å²) in [5.41, 5.74) is 0. The number of aryl methyl sites for hydroxylation is 1. The van der Waals surface area contributed by atoms with Crippen LogP contribution in [0.1, 0.15) is 16.8 Å². The topological polar surface area (TPSA) is 58.5 Å². The van der Waals surface area contributed by atoms with Gasteiger partial charge in [-0.3, -0.25) is 4.99 Å². The second-order valence-electron chi connectivity index (χ2n) is 4.59. The van der Waals surface area contributed by atoms with Gasteiger partial charge in [-0.05, 0) is 18.6 Å². The fourth-order valence-electron chi connectivity index (χ4n) is 1.83. The van der Waals surface area contributed by atoms with E-state index in [9.17, 15) is 0 Å². The minimum absolute atomic E-state index is 0. The SMILES string of the molecule is CCc1cnc(CNC(=NC)NCCOc2ccccc2)s1.I. The summed E-state index contributed by atoms with van der Waals surface area (Å²) in [6.45, 7) is 4.09. The minimum atomic E-state index is 0. The number of nitrogens with one attached hydrogen (secondary N) is 2. The Balaban J connectivity index is 0.00000264. The van der Waals surface area contributed by atoms with Gasteiger partial charge in [-0.1, -0.05) is 25.1 Å². The summed E-state index contributed by atoms with van der Waals surface area (Å²) in [5.74, 6) is 1.63. The van der Waals surface area contributed by atoms with E-state index in [2.05, 4.69) is 27.5 Å². The highest BCUT2D eigenvalue weighted by Crippen LogP contribution is 2.12. The molecule has 1 aromatic heterocycles. The van der Waals surface area contributed by atoms with Crippen LogP contribution in [0.4, 0.5) is 0 Å². The van der Waals surface area contributed by atoms with Gasteiger partial charge in [-0.25, -0.2) is 4.98 Å². The Morgan fingerprint density at radius 3 is 2.70 bits per heavy atom. The third kappa shape index (κ3) is 7.17. The molecule has 2 rings (SSSR count). The van der Waals surface area contributed by atoms with Gasteiger partial charge >= 0.3 is 0 Å². The second kappa shape index (κ2) is 11.2. The van der Waals surface area contributed by atoms with E-state index in [0.29, 0.717) is 19.7 Å². The molecule has 126 valence electrons. The second-order valence-corrected chi connectivity index (χ2v) is 5.79. The molecule has 2 aromatic rings. The number of rotatable bonds is 7. The number of hydrogen-bond acceptors (Lipinski definition) is 4. The maximum absolute atomic E-state index is 5.63. The highest BCUT2D eigenvalue weighted by Gasteiger charge is 2.02. The summed E-state index contributed by atoms with van der Waals surface area (Å²) in [6.07, 6.45) is 2.97. The van der Waals surface area contributed by atoms with Crippen LogP contribution in [-0.4, -0.2) is 31.1 Å². The number of para-hydroxylation sites is 1. The molecule has 0 amide bonds. The van der Waals surface area contributed by atoms with Gasteiger partial charge in [0.15, 0.2) is 5.96 Å². The van der Waals surface area contributed by atoms with Crippen molar-refractivity contribution in [2.45, 2.75) is 19.9 Å². The Morgan fingerprint density at radius 1 is 1.26 bits per heavy atom. The van der Waals surface area contributed by atoms with E-state index in [4.69, 9.17) is 4.74 Å². The van der Waals surface area contributed by atoms with Crippen LogP contribution < -0.4 is 15.4 Å². The van der Waals surface area contributed by atoms with Crippen LogP contribution in [0, 0.1) is 0 Å². The lowest BCUT2D eigenvalue weighted by Crippen LogP contribution is -2.38. The highest BCUT2D eigenvalue weighted by molar-refractivity contribution is 14.0. The van der Waals surface area contributed by atoms with Crippen molar-refractivity contribution in [2.75, 3.05) is 20.2 Å². The van der Waals surface area contributed by atoms with Crippen molar-refractivity contribution >= 4 is 41.3 Å². The summed E-state index contributed by atoms with van der Waals surface area (Å²) in [5, 5.41) is 7.54. The highest BCUT2D eigenvalue weighted by atomic mass is 127. The lowest BCUT2D eigenvalue weighted by molar-refractivity contribution is 0.322. The van der Waals surface area contributed by atoms with E-state index in [-0.39, 0.29) is 24.0 Å². The van der Waals surface area contributed by atoms with Crippen molar-refractivity contribution in [3.8, 4) is 5.75 Å². The first-order valence-corrected chi connectivity index (χ1v) is 8.19. The Bertz CT molecular complexity index is 589. The van der Waals surface area contributed by atoms with Gasteiger partial charge in [0.05, 0.1) is 13.1 Å². The number of aromatic nitrogens is 1. The predicted molar refractivity (Wildman–Crippen MR) is 107 cm³/mol. The smallest absolute Gasteiger partial charge is 0.191 e. The molecule has 0 saturated carbocycles. The van der Waals surface area contributed by atoms with Crippen molar-refractivity contribution in [1.29, 1.82) is 0 Å². The van der Waals surface area contributed by atoms with Crippen molar-refractivity contribution in [3.05, 3.63) is 46.4 Å². The minimum Gasteiger partial charge on any atom is -0.492 e. The molecule has 0 atom stereocenters. The average molecular weight is 446 g/mol. The van der Waals surface area contributed by atoms with Crippen molar-refractivity contribution in [2.24, 2.45) is 4.99 Å². The van der Waals surface area contributed by atoms with Crippen LogP contribution in [0.25, 0.3) is 0 Å². The normalized spacial score (nSPS) is 10.8. The van der Waals surface area contributed by atoms with E-state index in [1.807, 2.05) is 36.5 Å². The van der Waals surface area contributed by atoms with E-state index in [1.54, 1.807) is 18.4 Å². The molecule has 5 nitrogen and oxygen atoms in total. The molecule has 0 aliphatic rings. The monoisotopic (exact) mass is 446 g/mol. The zero-order valence-electron chi connectivity index (χ0n) is 13.4. The first-order valence-electron chi connectivity index (χ1n) is 7.37. The standard InChI is InChI=1S/C16H22N4OS.HI/c1-3-14-11-19-15(22-14)12-20-16(17-2)18-9-10-21-13-7-5-4-6-8-13;/h4-8,11H,3,9-10,12H2,1-2H3,(H2,17,18,20);1H. The average Bonchev–Trinajstić information content (AvgIpc) is 3.03. The molecule has 0 fully saturated rings. The molecular formula is C16H23IN4OS. The largest absolute Gasteiger partial charge is 0.492 e. The predicted octanol–water partition coefficient (Wildman–Crippen LogP) is 3.07. The number of nitrogens with zero attached hydrogens (tertiary/aromatic N) is 2. The quantitative estimate of drug-likeness (QED) is 0.297. The maximum Gasteiger partial charge on any atom is 0.191 e. The maximum atomic E-state index is 5.63. The summed E-state index contributed by atoms with van der Waals surface area (Å²) >= 11 is 1.73. The molecule has 0 spiro atoms. The first kappa shape index (κ1) is 19.7. The summed E-state index contributed by atoms with van der Waals surface area (Å²) in [6, 6.07) is 9.78. The van der Waals surface area contributed by atoms with Gasteiger partial charge in [-0.2, -0.15) is 0 Å². The molecule has 7 heteroatoms. The number of aliphatic imine (C=N–C) groups is 1. The van der Waals surface area contributed by atoms with Gasteiger partial charge in [0.25, 0.3) is 0 Å². The van der Waals surface area contributed by atoms with E-state index in [0.717, 1.165) is 23.1 Å². The molecule has 23 heavy (non-hydrogen) atoms. The van der Waals surface area contributed by atoms with Crippen LogP contribution in [-0.2, 0) is 13.0 Å². The molecule has 0 radical (unpaired) electrons. The lowest BCUT2D eigenvalue weighted by Gasteiger charge is -2.11. The summed E-state index contributed by atoms with van der Waals surface area (Å²) in [7, 11) is 1.76. The third-order valence-corrected chi connectivity index (χ3v) is 4.13. The summed E-state index contributed by atoms with van der Waals surface area (Å²) in [4.78, 5) is 9.87. The molecule has 0 bridgehead atoms.